The average molecular weight is 347 g/mol. The molecule has 0 aromatic rings. The molecular weight excluding hydrogens is 312 g/mol. The third kappa shape index (κ3) is 1.74. The molecule has 1 heterocycles. The Balaban J connectivity index is 1.49. The summed E-state index contributed by atoms with van der Waals surface area (Å²) in [7, 11) is 0. The van der Waals surface area contributed by atoms with E-state index in [1.165, 1.54) is 25.7 Å². The number of Topliss-reactive ketones (excluding diaryl/α,β-unsaturated/α-hetero) is 1. The maximum absolute atomic E-state index is 12.6. The van der Waals surface area contributed by atoms with Crippen molar-refractivity contribution in [1.82, 2.24) is 0 Å². The number of rotatable bonds is 1. The lowest BCUT2D eigenvalue weighted by Gasteiger charge is -2.61. The van der Waals surface area contributed by atoms with E-state index in [0.29, 0.717) is 17.3 Å². The zero-order valence-corrected chi connectivity index (χ0v) is 16.3. The van der Waals surface area contributed by atoms with Crippen LogP contribution in [0.2, 0.25) is 0 Å². The number of carbonyl (C=O) groups excluding carboxylic acids is 1. The molecule has 5 aliphatic rings. The van der Waals surface area contributed by atoms with Crippen LogP contribution in [0.1, 0.15) is 79.1 Å². The Kier molecular flexibility index (Phi) is 3.15. The van der Waals surface area contributed by atoms with Gasteiger partial charge >= 0.3 is 0 Å². The topological polar surface area (TPSA) is 49.8 Å². The first kappa shape index (κ1) is 16.7. The second-order valence-electron chi connectivity index (χ2n) is 10.8. The van der Waals surface area contributed by atoms with Crippen LogP contribution in [0, 0.1) is 34.5 Å². The highest BCUT2D eigenvalue weighted by Gasteiger charge is 2.85. The molecule has 0 radical (unpaired) electrons. The molecule has 5 rings (SSSR count). The van der Waals surface area contributed by atoms with E-state index >= 15 is 0 Å². The number of fused-ring (bicyclic) bond motifs is 7. The number of aliphatic hydroxyl groups is 1. The van der Waals surface area contributed by atoms with Gasteiger partial charge in [0.2, 0.25) is 0 Å². The Morgan fingerprint density at radius 2 is 1.80 bits per heavy atom. The number of ether oxygens (including phenoxy) is 1. The highest BCUT2D eigenvalue weighted by molar-refractivity contribution is 5.91. The minimum atomic E-state index is -0.490. The largest absolute Gasteiger partial charge is 0.393 e. The molecule has 3 heteroatoms. The minimum Gasteiger partial charge on any atom is -0.393 e. The van der Waals surface area contributed by atoms with Gasteiger partial charge in [0.15, 0.2) is 11.4 Å². The molecule has 0 aromatic heterocycles. The number of aliphatic hydroxyl groups excluding tert-OH is 1. The maximum Gasteiger partial charge on any atom is 0.165 e. The third-order valence-corrected chi connectivity index (χ3v) is 10.0. The van der Waals surface area contributed by atoms with Crippen molar-refractivity contribution in [3.8, 4) is 0 Å². The molecule has 1 N–H and O–H groups in total. The van der Waals surface area contributed by atoms with E-state index in [-0.39, 0.29) is 22.9 Å². The maximum atomic E-state index is 12.6. The van der Waals surface area contributed by atoms with Gasteiger partial charge in [-0.05, 0) is 94.3 Å². The monoisotopic (exact) mass is 346 g/mol. The van der Waals surface area contributed by atoms with Gasteiger partial charge in [-0.2, -0.15) is 0 Å². The van der Waals surface area contributed by atoms with E-state index in [1.54, 1.807) is 6.92 Å². The lowest BCUT2D eigenvalue weighted by atomic mass is 9.44. The lowest BCUT2D eigenvalue weighted by molar-refractivity contribution is -0.152. The molecule has 3 nitrogen and oxygen atoms in total. The van der Waals surface area contributed by atoms with E-state index in [4.69, 9.17) is 4.74 Å². The number of hydrogen-bond acceptors (Lipinski definition) is 3. The Bertz CT molecular complexity index is 631. The zero-order valence-electron chi connectivity index (χ0n) is 16.3. The Morgan fingerprint density at radius 3 is 2.52 bits per heavy atom. The van der Waals surface area contributed by atoms with Gasteiger partial charge in [0, 0.05) is 5.41 Å². The van der Waals surface area contributed by atoms with Crippen LogP contribution in [0.3, 0.4) is 0 Å². The molecule has 1 aliphatic heterocycles. The van der Waals surface area contributed by atoms with Gasteiger partial charge in [0.1, 0.15) is 5.60 Å². The third-order valence-electron chi connectivity index (χ3n) is 10.0. The van der Waals surface area contributed by atoms with Gasteiger partial charge in [-0.3, -0.25) is 4.79 Å². The van der Waals surface area contributed by atoms with E-state index < -0.39 is 5.60 Å². The zero-order chi connectivity index (χ0) is 17.8. The summed E-state index contributed by atoms with van der Waals surface area (Å²) in [5, 5.41) is 10.2. The number of carbonyl (C=O) groups is 1. The van der Waals surface area contributed by atoms with E-state index in [2.05, 4.69) is 20.8 Å². The normalized spacial score (nSPS) is 62.4. The van der Waals surface area contributed by atoms with Gasteiger partial charge in [0.25, 0.3) is 0 Å². The van der Waals surface area contributed by atoms with E-state index in [0.717, 1.165) is 37.5 Å². The van der Waals surface area contributed by atoms with Crippen LogP contribution in [0.15, 0.2) is 0 Å². The first-order valence-corrected chi connectivity index (χ1v) is 10.6. The Labute approximate surface area is 151 Å². The Hall–Kier alpha value is -0.410. The molecule has 0 amide bonds. The highest BCUT2D eigenvalue weighted by atomic mass is 16.6. The molecule has 4 saturated carbocycles. The number of ketones is 1. The van der Waals surface area contributed by atoms with Crippen molar-refractivity contribution < 1.29 is 14.6 Å². The summed E-state index contributed by atoms with van der Waals surface area (Å²) in [6.45, 7) is 8.84. The van der Waals surface area contributed by atoms with Gasteiger partial charge in [0.05, 0.1) is 6.10 Å². The molecule has 25 heavy (non-hydrogen) atoms. The van der Waals surface area contributed by atoms with Crippen LogP contribution >= 0.6 is 0 Å². The fourth-order valence-electron chi connectivity index (χ4n) is 8.85. The molecule has 0 bridgehead atoms. The molecular formula is C22H34O3. The summed E-state index contributed by atoms with van der Waals surface area (Å²) in [5.41, 5.74) is -0.253. The fraction of sp³-hybridized carbons (Fsp3) is 0.955. The molecule has 140 valence electrons. The van der Waals surface area contributed by atoms with E-state index in [9.17, 15) is 9.90 Å². The molecule has 9 atom stereocenters. The second-order valence-corrected chi connectivity index (χ2v) is 10.8. The second kappa shape index (κ2) is 4.70. The van der Waals surface area contributed by atoms with Crippen LogP contribution in [0.4, 0.5) is 0 Å². The van der Waals surface area contributed by atoms with Crippen molar-refractivity contribution in [2.75, 3.05) is 0 Å². The lowest BCUT2D eigenvalue weighted by Crippen LogP contribution is -2.56. The predicted molar refractivity (Wildman–Crippen MR) is 96.0 cm³/mol. The van der Waals surface area contributed by atoms with Crippen LogP contribution < -0.4 is 0 Å². The van der Waals surface area contributed by atoms with Crippen molar-refractivity contribution in [2.45, 2.75) is 96.4 Å². The molecule has 0 spiro atoms. The summed E-state index contributed by atoms with van der Waals surface area (Å²) in [6.07, 6.45) is 9.14. The van der Waals surface area contributed by atoms with Crippen molar-refractivity contribution in [3.63, 3.8) is 0 Å². The summed E-state index contributed by atoms with van der Waals surface area (Å²) < 4.78 is 6.20. The highest BCUT2D eigenvalue weighted by Crippen LogP contribution is 2.77. The summed E-state index contributed by atoms with van der Waals surface area (Å²) in [4.78, 5) is 12.6. The number of hydrogen-bond donors (Lipinski definition) is 1. The average Bonchev–Trinajstić information content (AvgIpc) is 3.13. The fourth-order valence-corrected chi connectivity index (χ4v) is 8.85. The van der Waals surface area contributed by atoms with Gasteiger partial charge in [-0.15, -0.1) is 0 Å². The van der Waals surface area contributed by atoms with E-state index in [1.807, 2.05) is 0 Å². The Morgan fingerprint density at radius 1 is 1.04 bits per heavy atom. The molecule has 0 aromatic carbocycles. The van der Waals surface area contributed by atoms with Crippen molar-refractivity contribution in [2.24, 2.45) is 34.5 Å². The molecule has 0 unspecified atom stereocenters. The summed E-state index contributed by atoms with van der Waals surface area (Å²) in [6, 6.07) is 0. The van der Waals surface area contributed by atoms with Crippen molar-refractivity contribution >= 4 is 5.78 Å². The first-order valence-electron chi connectivity index (χ1n) is 10.6. The molecule has 4 aliphatic carbocycles. The van der Waals surface area contributed by atoms with Gasteiger partial charge in [-0.25, -0.2) is 0 Å². The quantitative estimate of drug-likeness (QED) is 0.727. The van der Waals surface area contributed by atoms with Crippen LogP contribution in [0.5, 0.6) is 0 Å². The van der Waals surface area contributed by atoms with Gasteiger partial charge < -0.3 is 9.84 Å². The minimum absolute atomic E-state index is 0.0339. The predicted octanol–water partition coefficient (Wildman–Crippen LogP) is 4.12. The molecule has 1 saturated heterocycles. The number of epoxide rings is 1. The van der Waals surface area contributed by atoms with Crippen LogP contribution in [0.25, 0.3) is 0 Å². The molecule has 5 fully saturated rings. The standard InChI is InChI=1S/C22H34O3/c1-13(23)22-20(3)10-8-17-16(18(20)12-21(22,4)25-22)6-5-14-11-15(24)7-9-19(14,17)2/h14-18,24H,5-12H2,1-4H3/t14-,15+,16+,17-,18-,19-,20-,21+,22-/m0/s1. The van der Waals surface area contributed by atoms with Crippen molar-refractivity contribution in [1.29, 1.82) is 0 Å². The first-order chi connectivity index (χ1) is 11.7. The summed E-state index contributed by atoms with van der Waals surface area (Å²) >= 11 is 0. The van der Waals surface area contributed by atoms with Crippen LogP contribution in [-0.4, -0.2) is 28.2 Å². The smallest absolute Gasteiger partial charge is 0.165 e. The van der Waals surface area contributed by atoms with Crippen LogP contribution in [-0.2, 0) is 9.53 Å². The van der Waals surface area contributed by atoms with Gasteiger partial charge in [-0.1, -0.05) is 13.8 Å². The SMILES string of the molecule is CC(=O)[C@@]12O[C@]1(C)C[C@H]1[C@@H]3CC[C@H]4C[C@H](O)CC[C@]4(C)[C@H]3CC[C@@]12C. The summed E-state index contributed by atoms with van der Waals surface area (Å²) in [5.74, 6) is 3.13. The van der Waals surface area contributed by atoms with Crippen molar-refractivity contribution in [3.05, 3.63) is 0 Å².